The van der Waals surface area contributed by atoms with E-state index in [1.165, 1.54) is 0 Å². The van der Waals surface area contributed by atoms with Gasteiger partial charge >= 0.3 is 6.15 Å². The van der Waals surface area contributed by atoms with Crippen LogP contribution in [0.3, 0.4) is 0 Å². The van der Waals surface area contributed by atoms with Gasteiger partial charge in [0.25, 0.3) is 0 Å². The van der Waals surface area contributed by atoms with E-state index in [9.17, 15) is 0 Å². The van der Waals surface area contributed by atoms with Crippen molar-refractivity contribution in [2.24, 2.45) is 0 Å². The fourth-order valence-electron chi connectivity index (χ4n) is 1.72. The molecule has 6 heteroatoms. The lowest BCUT2D eigenvalue weighted by molar-refractivity contribution is -0.191. The molecule has 0 saturated carbocycles. The van der Waals surface area contributed by atoms with Gasteiger partial charge in [-0.15, -0.1) is 0 Å². The van der Waals surface area contributed by atoms with Crippen LogP contribution in [0.2, 0.25) is 0 Å². The van der Waals surface area contributed by atoms with Crippen LogP contribution < -0.4 is 10.2 Å². The lowest BCUT2D eigenvalue weighted by atomic mass is 10.2. The minimum Gasteiger partial charge on any atom is -0.350 e. The van der Waals surface area contributed by atoms with Crippen molar-refractivity contribution in [2.75, 3.05) is 24.5 Å². The second-order valence-corrected chi connectivity index (χ2v) is 3.85. The average molecular weight is 236 g/mol. The maximum absolute atomic E-state index is 8.12. The van der Waals surface area contributed by atoms with Gasteiger partial charge in [0.2, 0.25) is 0 Å². The molecule has 0 spiro atoms. The highest BCUT2D eigenvalue weighted by Gasteiger charge is 2.18. The molecule has 92 valence electrons. The summed E-state index contributed by atoms with van der Waals surface area (Å²) in [6.07, 6.45) is 3.93. The largest absolute Gasteiger partial charge is 0.373 e. The van der Waals surface area contributed by atoms with E-state index in [1.807, 2.05) is 19.3 Å². The fraction of sp³-hybridized carbons (Fsp3) is 0.545. The van der Waals surface area contributed by atoms with Crippen LogP contribution in [-0.4, -0.2) is 41.8 Å². The van der Waals surface area contributed by atoms with Crippen molar-refractivity contribution in [3.63, 3.8) is 0 Å². The van der Waals surface area contributed by atoms with E-state index in [0.29, 0.717) is 6.04 Å². The number of anilines is 1. The minimum absolute atomic E-state index is 0.250. The van der Waals surface area contributed by atoms with E-state index in [1.54, 1.807) is 0 Å². The van der Waals surface area contributed by atoms with E-state index < -0.39 is 0 Å². The van der Waals surface area contributed by atoms with Crippen LogP contribution in [0.4, 0.5) is 5.82 Å². The minimum atomic E-state index is 0.250. The summed E-state index contributed by atoms with van der Waals surface area (Å²) in [5, 5.41) is 3.36. The predicted octanol–water partition coefficient (Wildman–Crippen LogP) is -0.000380. The summed E-state index contributed by atoms with van der Waals surface area (Å²) >= 11 is 0. The molecule has 6 nitrogen and oxygen atoms in total. The van der Waals surface area contributed by atoms with Crippen LogP contribution in [0.15, 0.2) is 12.4 Å². The van der Waals surface area contributed by atoms with Crippen LogP contribution in [0.5, 0.6) is 0 Å². The van der Waals surface area contributed by atoms with Crippen LogP contribution >= 0.6 is 0 Å². The van der Waals surface area contributed by atoms with Gasteiger partial charge in [-0.25, -0.2) is 4.98 Å². The molecular formula is C11H16N4O2. The topological polar surface area (TPSA) is 75.2 Å². The summed E-state index contributed by atoms with van der Waals surface area (Å²) in [4.78, 5) is 27.2. The van der Waals surface area contributed by atoms with Crippen LogP contribution in [0.1, 0.15) is 12.6 Å². The SMILES string of the molecule is Cc1cnc(N2CCNC[C@H]2C)cn1.O=C=O. The Morgan fingerprint density at radius 1 is 1.41 bits per heavy atom. The van der Waals surface area contributed by atoms with Gasteiger partial charge in [0.1, 0.15) is 5.82 Å². The highest BCUT2D eigenvalue weighted by Crippen LogP contribution is 2.13. The first-order valence-electron chi connectivity index (χ1n) is 5.44. The number of aromatic nitrogens is 2. The first-order valence-corrected chi connectivity index (χ1v) is 5.44. The Kier molecular flexibility index (Phi) is 5.26. The second-order valence-electron chi connectivity index (χ2n) is 3.85. The zero-order valence-electron chi connectivity index (χ0n) is 10.0. The summed E-state index contributed by atoms with van der Waals surface area (Å²) in [6.45, 7) is 7.22. The van der Waals surface area contributed by atoms with Crippen LogP contribution in [0.25, 0.3) is 0 Å². The van der Waals surface area contributed by atoms with Crippen LogP contribution in [-0.2, 0) is 9.59 Å². The van der Waals surface area contributed by atoms with Gasteiger partial charge in [-0.1, -0.05) is 0 Å². The third-order valence-electron chi connectivity index (χ3n) is 2.56. The molecule has 1 fully saturated rings. The number of rotatable bonds is 1. The fourth-order valence-corrected chi connectivity index (χ4v) is 1.72. The molecule has 1 aliphatic rings. The third-order valence-corrected chi connectivity index (χ3v) is 2.56. The first kappa shape index (κ1) is 13.3. The van der Waals surface area contributed by atoms with Crippen molar-refractivity contribution in [2.45, 2.75) is 19.9 Å². The molecule has 1 aromatic rings. The Bertz CT molecular complexity index is 374. The van der Waals surface area contributed by atoms with E-state index in [4.69, 9.17) is 9.59 Å². The summed E-state index contributed by atoms with van der Waals surface area (Å²) in [5.41, 5.74) is 0.969. The molecule has 0 unspecified atom stereocenters. The van der Waals surface area contributed by atoms with Crippen molar-refractivity contribution in [1.29, 1.82) is 0 Å². The van der Waals surface area contributed by atoms with Crippen molar-refractivity contribution >= 4 is 12.0 Å². The Labute approximate surface area is 100 Å². The van der Waals surface area contributed by atoms with Gasteiger partial charge in [0, 0.05) is 25.7 Å². The smallest absolute Gasteiger partial charge is 0.350 e. The molecule has 1 aliphatic heterocycles. The monoisotopic (exact) mass is 236 g/mol. The molecule has 1 atom stereocenters. The summed E-state index contributed by atoms with van der Waals surface area (Å²) in [7, 11) is 0. The maximum Gasteiger partial charge on any atom is 0.373 e. The zero-order valence-corrected chi connectivity index (χ0v) is 10.0. The molecule has 0 amide bonds. The quantitative estimate of drug-likeness (QED) is 0.739. The second kappa shape index (κ2) is 6.73. The number of piperazine rings is 1. The third kappa shape index (κ3) is 3.94. The van der Waals surface area contributed by atoms with Gasteiger partial charge in [0.15, 0.2) is 0 Å². The number of aryl methyl sites for hydroxylation is 1. The van der Waals surface area contributed by atoms with E-state index in [-0.39, 0.29) is 6.15 Å². The van der Waals surface area contributed by atoms with Crippen LogP contribution in [0, 0.1) is 6.92 Å². The standard InChI is InChI=1S/C10H16N4.CO2/c1-8-5-13-10(7-12-8)14-4-3-11-6-9(14)2;2-1-3/h5,7,9,11H,3-4,6H2,1-2H3;/t9-;/m1./s1. The summed E-state index contributed by atoms with van der Waals surface area (Å²) in [5.74, 6) is 0.990. The van der Waals surface area contributed by atoms with Gasteiger partial charge in [-0.2, -0.15) is 9.59 Å². The Hall–Kier alpha value is -1.78. The molecule has 2 rings (SSSR count). The molecule has 0 radical (unpaired) electrons. The molecule has 0 aromatic carbocycles. The van der Waals surface area contributed by atoms with Crippen molar-refractivity contribution in [3.8, 4) is 0 Å². The summed E-state index contributed by atoms with van der Waals surface area (Å²) in [6, 6.07) is 0.501. The first-order chi connectivity index (χ1) is 8.19. The van der Waals surface area contributed by atoms with Gasteiger partial charge < -0.3 is 10.2 Å². The Morgan fingerprint density at radius 3 is 2.65 bits per heavy atom. The highest BCUT2D eigenvalue weighted by atomic mass is 16.2. The molecule has 2 heterocycles. The molecule has 0 bridgehead atoms. The Balaban J connectivity index is 0.000000437. The predicted molar refractivity (Wildman–Crippen MR) is 61.5 cm³/mol. The number of carbonyl (C=O) groups excluding carboxylic acids is 2. The van der Waals surface area contributed by atoms with E-state index in [0.717, 1.165) is 31.1 Å². The molecule has 1 saturated heterocycles. The maximum atomic E-state index is 8.12. The zero-order chi connectivity index (χ0) is 12.7. The number of hydrogen-bond acceptors (Lipinski definition) is 6. The van der Waals surface area contributed by atoms with E-state index >= 15 is 0 Å². The Morgan fingerprint density at radius 2 is 2.12 bits per heavy atom. The number of nitrogens with one attached hydrogen (secondary N) is 1. The lowest BCUT2D eigenvalue weighted by Crippen LogP contribution is -2.50. The lowest BCUT2D eigenvalue weighted by Gasteiger charge is -2.34. The number of nitrogens with zero attached hydrogens (tertiary/aromatic N) is 3. The normalized spacial score (nSPS) is 18.9. The molecule has 17 heavy (non-hydrogen) atoms. The van der Waals surface area contributed by atoms with Gasteiger partial charge in [-0.3, -0.25) is 4.98 Å². The highest BCUT2D eigenvalue weighted by molar-refractivity contribution is 5.37. The van der Waals surface area contributed by atoms with E-state index in [2.05, 4.69) is 27.1 Å². The molecule has 1 aromatic heterocycles. The summed E-state index contributed by atoms with van der Waals surface area (Å²) < 4.78 is 0. The average Bonchev–Trinajstić information content (AvgIpc) is 2.32. The van der Waals surface area contributed by atoms with Crippen molar-refractivity contribution < 1.29 is 9.59 Å². The molecule has 0 aliphatic carbocycles. The molecule has 1 N–H and O–H groups in total. The number of hydrogen-bond donors (Lipinski definition) is 1. The van der Waals surface area contributed by atoms with Crippen molar-refractivity contribution in [1.82, 2.24) is 15.3 Å². The van der Waals surface area contributed by atoms with Gasteiger partial charge in [-0.05, 0) is 13.8 Å². The van der Waals surface area contributed by atoms with Gasteiger partial charge in [0.05, 0.1) is 18.1 Å². The van der Waals surface area contributed by atoms with Crippen molar-refractivity contribution in [3.05, 3.63) is 18.1 Å². The molecular weight excluding hydrogens is 220 g/mol.